The number of anilines is 1. The molecule has 0 aliphatic carbocycles. The quantitative estimate of drug-likeness (QED) is 0.825. The number of ether oxygens (including phenoxy) is 1. The van der Waals surface area contributed by atoms with E-state index in [1.165, 1.54) is 12.1 Å². The van der Waals surface area contributed by atoms with E-state index >= 15 is 0 Å². The molecule has 6 nitrogen and oxygen atoms in total. The number of nitrogens with zero attached hydrogens (tertiary/aromatic N) is 1. The third-order valence-electron chi connectivity index (χ3n) is 3.17. The number of nitrogens with two attached hydrogens (primary N) is 1. The minimum absolute atomic E-state index is 0.108. The standard InChI is InChI=1S/C13H15FN2O4/c1-13(20-5-11(17)18)6-16(7-13)10-3-2-8(12(15)19)4-9(10)14/h2-4H,5-7H2,1H3,(H2,15,19)(H,17,18). The Morgan fingerprint density at radius 2 is 2.15 bits per heavy atom. The second kappa shape index (κ2) is 5.09. The number of amides is 1. The smallest absolute Gasteiger partial charge is 0.329 e. The Morgan fingerprint density at radius 1 is 1.50 bits per heavy atom. The van der Waals surface area contributed by atoms with Crippen LogP contribution in [0.4, 0.5) is 10.1 Å². The summed E-state index contributed by atoms with van der Waals surface area (Å²) in [5.41, 5.74) is 4.91. The fraction of sp³-hybridized carbons (Fsp3) is 0.385. The topological polar surface area (TPSA) is 92.9 Å². The zero-order valence-electron chi connectivity index (χ0n) is 10.9. The summed E-state index contributed by atoms with van der Waals surface area (Å²) in [5.74, 6) is -2.27. The van der Waals surface area contributed by atoms with E-state index in [9.17, 15) is 14.0 Å². The lowest BCUT2D eigenvalue weighted by Crippen LogP contribution is -2.62. The maximum atomic E-state index is 13.9. The van der Waals surface area contributed by atoms with Crippen LogP contribution < -0.4 is 10.6 Å². The summed E-state index contributed by atoms with van der Waals surface area (Å²) < 4.78 is 19.1. The SMILES string of the molecule is CC1(OCC(=O)O)CN(c2ccc(C(N)=O)cc2F)C1. The molecule has 2 rings (SSSR count). The number of carboxylic acids is 1. The first kappa shape index (κ1) is 14.3. The number of benzene rings is 1. The van der Waals surface area contributed by atoms with E-state index in [2.05, 4.69) is 0 Å². The van der Waals surface area contributed by atoms with Gasteiger partial charge in [0.2, 0.25) is 5.91 Å². The largest absolute Gasteiger partial charge is 0.480 e. The van der Waals surface area contributed by atoms with Crippen LogP contribution in [0.2, 0.25) is 0 Å². The lowest BCUT2D eigenvalue weighted by Gasteiger charge is -2.48. The van der Waals surface area contributed by atoms with Crippen LogP contribution in [0, 0.1) is 5.82 Å². The van der Waals surface area contributed by atoms with Gasteiger partial charge in [-0.15, -0.1) is 0 Å². The maximum absolute atomic E-state index is 13.9. The van der Waals surface area contributed by atoms with Crippen molar-refractivity contribution in [1.29, 1.82) is 0 Å². The summed E-state index contributed by atoms with van der Waals surface area (Å²) in [7, 11) is 0. The van der Waals surface area contributed by atoms with Crippen molar-refractivity contribution in [1.82, 2.24) is 0 Å². The van der Waals surface area contributed by atoms with Crippen molar-refractivity contribution >= 4 is 17.6 Å². The van der Waals surface area contributed by atoms with E-state index in [1.54, 1.807) is 11.8 Å². The molecule has 0 spiro atoms. The molecule has 0 unspecified atom stereocenters. The van der Waals surface area contributed by atoms with Crippen molar-refractivity contribution in [3.8, 4) is 0 Å². The molecule has 20 heavy (non-hydrogen) atoms. The van der Waals surface area contributed by atoms with E-state index in [0.29, 0.717) is 18.8 Å². The van der Waals surface area contributed by atoms with Crippen LogP contribution in [-0.2, 0) is 9.53 Å². The number of rotatable bonds is 5. The molecule has 7 heteroatoms. The highest BCUT2D eigenvalue weighted by atomic mass is 19.1. The summed E-state index contributed by atoms with van der Waals surface area (Å²) in [4.78, 5) is 23.1. The molecular formula is C13H15FN2O4. The average molecular weight is 282 g/mol. The number of primary amides is 1. The number of hydrogen-bond acceptors (Lipinski definition) is 4. The first-order chi connectivity index (χ1) is 9.31. The zero-order chi connectivity index (χ0) is 14.9. The van der Waals surface area contributed by atoms with Crippen LogP contribution in [0.5, 0.6) is 0 Å². The predicted octanol–water partition coefficient (Wildman–Crippen LogP) is 0.604. The minimum Gasteiger partial charge on any atom is -0.480 e. The third kappa shape index (κ3) is 2.88. The lowest BCUT2D eigenvalue weighted by molar-refractivity contribution is -0.150. The van der Waals surface area contributed by atoms with Crippen molar-refractivity contribution < 1.29 is 23.8 Å². The number of hydrogen-bond donors (Lipinski definition) is 2. The Labute approximate surface area is 114 Å². The van der Waals surface area contributed by atoms with Crippen LogP contribution in [0.15, 0.2) is 18.2 Å². The molecule has 1 fully saturated rings. The first-order valence-electron chi connectivity index (χ1n) is 6.01. The van der Waals surface area contributed by atoms with Crippen LogP contribution >= 0.6 is 0 Å². The van der Waals surface area contributed by atoms with Gasteiger partial charge in [-0.2, -0.15) is 0 Å². The van der Waals surface area contributed by atoms with Crippen molar-refractivity contribution in [2.75, 3.05) is 24.6 Å². The van der Waals surface area contributed by atoms with Crippen LogP contribution in [0.25, 0.3) is 0 Å². The van der Waals surface area contributed by atoms with Crippen molar-refractivity contribution in [3.63, 3.8) is 0 Å². The van der Waals surface area contributed by atoms with Gasteiger partial charge in [0.1, 0.15) is 18.0 Å². The Morgan fingerprint density at radius 3 is 2.65 bits per heavy atom. The molecule has 3 N–H and O–H groups in total. The van der Waals surface area contributed by atoms with Gasteiger partial charge < -0.3 is 20.5 Å². The minimum atomic E-state index is -1.04. The second-order valence-corrected chi connectivity index (χ2v) is 5.02. The molecule has 0 aromatic heterocycles. The van der Waals surface area contributed by atoms with E-state index in [1.807, 2.05) is 0 Å². The van der Waals surface area contributed by atoms with Gasteiger partial charge in [0.15, 0.2) is 0 Å². The van der Waals surface area contributed by atoms with E-state index in [4.69, 9.17) is 15.6 Å². The normalized spacial score (nSPS) is 16.6. The Bertz CT molecular complexity index is 555. The molecule has 0 radical (unpaired) electrons. The summed E-state index contributed by atoms with van der Waals surface area (Å²) in [6.45, 7) is 2.15. The van der Waals surface area contributed by atoms with Crippen LogP contribution in [0.3, 0.4) is 0 Å². The first-order valence-corrected chi connectivity index (χ1v) is 6.01. The fourth-order valence-electron chi connectivity index (χ4n) is 2.18. The number of halogens is 1. The highest BCUT2D eigenvalue weighted by molar-refractivity contribution is 5.93. The highest BCUT2D eigenvalue weighted by Gasteiger charge is 2.41. The van der Waals surface area contributed by atoms with Gasteiger partial charge in [0, 0.05) is 18.7 Å². The molecule has 1 saturated heterocycles. The van der Waals surface area contributed by atoms with Crippen LogP contribution in [-0.4, -0.2) is 42.3 Å². The zero-order valence-corrected chi connectivity index (χ0v) is 10.9. The van der Waals surface area contributed by atoms with E-state index in [0.717, 1.165) is 6.07 Å². The Balaban J connectivity index is 2.02. The molecule has 1 aliphatic heterocycles. The Hall–Kier alpha value is -2.15. The third-order valence-corrected chi connectivity index (χ3v) is 3.17. The van der Waals surface area contributed by atoms with Crippen molar-refractivity contribution in [2.45, 2.75) is 12.5 Å². The summed E-state index contributed by atoms with van der Waals surface area (Å²) in [6.07, 6.45) is 0. The molecule has 1 heterocycles. The molecule has 1 aliphatic rings. The average Bonchev–Trinajstić information content (AvgIpc) is 2.33. The van der Waals surface area contributed by atoms with E-state index < -0.39 is 23.3 Å². The van der Waals surface area contributed by atoms with Crippen LogP contribution in [0.1, 0.15) is 17.3 Å². The van der Waals surface area contributed by atoms with Gasteiger partial charge >= 0.3 is 5.97 Å². The van der Waals surface area contributed by atoms with Gasteiger partial charge in [-0.05, 0) is 25.1 Å². The van der Waals surface area contributed by atoms with Gasteiger partial charge in [0.05, 0.1) is 5.69 Å². The summed E-state index contributed by atoms with van der Waals surface area (Å²) >= 11 is 0. The number of carboxylic acid groups (broad SMARTS) is 1. The fourth-order valence-corrected chi connectivity index (χ4v) is 2.18. The lowest BCUT2D eigenvalue weighted by atomic mass is 9.95. The predicted molar refractivity (Wildman–Crippen MR) is 69.1 cm³/mol. The molecule has 0 saturated carbocycles. The van der Waals surface area contributed by atoms with Gasteiger partial charge in [-0.3, -0.25) is 4.79 Å². The molecule has 1 amide bonds. The van der Waals surface area contributed by atoms with Gasteiger partial charge in [-0.1, -0.05) is 0 Å². The monoisotopic (exact) mass is 282 g/mol. The van der Waals surface area contributed by atoms with Gasteiger partial charge in [0.25, 0.3) is 0 Å². The Kier molecular flexibility index (Phi) is 3.63. The summed E-state index contributed by atoms with van der Waals surface area (Å²) in [5, 5.41) is 8.56. The second-order valence-electron chi connectivity index (χ2n) is 5.02. The highest BCUT2D eigenvalue weighted by Crippen LogP contribution is 2.32. The number of carbonyl (C=O) groups excluding carboxylic acids is 1. The number of carbonyl (C=O) groups is 2. The summed E-state index contributed by atoms with van der Waals surface area (Å²) in [6, 6.07) is 4.02. The van der Waals surface area contributed by atoms with E-state index in [-0.39, 0.29) is 12.2 Å². The van der Waals surface area contributed by atoms with Crippen molar-refractivity contribution in [3.05, 3.63) is 29.6 Å². The molecule has 1 aromatic rings. The van der Waals surface area contributed by atoms with Crippen molar-refractivity contribution in [2.24, 2.45) is 5.73 Å². The molecule has 1 aromatic carbocycles. The molecule has 108 valence electrons. The van der Waals surface area contributed by atoms with Gasteiger partial charge in [-0.25, -0.2) is 9.18 Å². The maximum Gasteiger partial charge on any atom is 0.329 e. The molecular weight excluding hydrogens is 267 g/mol. The number of aliphatic carboxylic acids is 1. The molecule has 0 atom stereocenters. The molecule has 0 bridgehead atoms.